The van der Waals surface area contributed by atoms with E-state index in [1.54, 1.807) is 11.8 Å². The van der Waals surface area contributed by atoms with Crippen LogP contribution in [0.5, 0.6) is 0 Å². The number of hydrogen-bond donors (Lipinski definition) is 1. The molecule has 1 amide bonds. The van der Waals surface area contributed by atoms with Crippen LogP contribution < -0.4 is 5.32 Å². The Hall–Kier alpha value is -1.08. The summed E-state index contributed by atoms with van der Waals surface area (Å²) in [5.74, 6) is 2.23. The number of carbonyl (C=O) groups excluding carboxylic acids is 1. The Morgan fingerprint density at radius 3 is 3.22 bits per heavy atom. The molecule has 100 valence electrons. The summed E-state index contributed by atoms with van der Waals surface area (Å²) in [7, 11) is 0. The van der Waals surface area contributed by atoms with Crippen molar-refractivity contribution in [2.75, 3.05) is 19.3 Å². The lowest BCUT2D eigenvalue weighted by molar-refractivity contribution is -0.120. The number of nitrogens with zero attached hydrogens (tertiary/aromatic N) is 3. The highest BCUT2D eigenvalue weighted by molar-refractivity contribution is 7.97. The molecule has 0 radical (unpaired) electrons. The van der Waals surface area contributed by atoms with E-state index in [0.29, 0.717) is 25.4 Å². The van der Waals surface area contributed by atoms with Crippen molar-refractivity contribution in [3.8, 4) is 0 Å². The second-order valence-corrected chi connectivity index (χ2v) is 5.28. The maximum Gasteiger partial charge on any atom is 0.240 e. The highest BCUT2D eigenvalue weighted by atomic mass is 32.2. The third-order valence-corrected chi connectivity index (χ3v) is 3.51. The van der Waals surface area contributed by atoms with E-state index in [1.165, 1.54) is 0 Å². The van der Waals surface area contributed by atoms with Gasteiger partial charge < -0.3 is 9.84 Å². The molecule has 2 rings (SSSR count). The van der Waals surface area contributed by atoms with Crippen molar-refractivity contribution in [1.82, 2.24) is 20.4 Å². The number of aromatic nitrogens is 2. The number of hydrogen-bond acceptors (Lipinski definition) is 6. The lowest BCUT2D eigenvalue weighted by Gasteiger charge is -2.24. The minimum atomic E-state index is 0.109. The van der Waals surface area contributed by atoms with Crippen LogP contribution in [-0.2, 0) is 17.1 Å². The quantitative estimate of drug-likeness (QED) is 0.866. The van der Waals surface area contributed by atoms with Crippen LogP contribution in [0.1, 0.15) is 25.1 Å². The number of thioether (sulfide) groups is 1. The van der Waals surface area contributed by atoms with Gasteiger partial charge in [0.1, 0.15) is 0 Å². The molecule has 18 heavy (non-hydrogen) atoms. The second kappa shape index (κ2) is 6.19. The van der Waals surface area contributed by atoms with Gasteiger partial charge in [-0.1, -0.05) is 5.16 Å². The largest absolute Gasteiger partial charge is 0.355 e. The highest BCUT2D eigenvalue weighted by Gasteiger charge is 2.22. The molecule has 1 fully saturated rings. The van der Waals surface area contributed by atoms with Gasteiger partial charge >= 0.3 is 0 Å². The molecule has 0 spiro atoms. The first-order chi connectivity index (χ1) is 8.69. The number of rotatable bonds is 4. The van der Waals surface area contributed by atoms with E-state index in [2.05, 4.69) is 27.3 Å². The zero-order chi connectivity index (χ0) is 13.0. The molecule has 0 aliphatic carbocycles. The second-order valence-electron chi connectivity index (χ2n) is 4.41. The Morgan fingerprint density at radius 1 is 1.61 bits per heavy atom. The molecule has 1 N–H and O–H groups in total. The Labute approximate surface area is 110 Å². The molecular formula is C11H18N4O2S. The summed E-state index contributed by atoms with van der Waals surface area (Å²) in [6.45, 7) is 4.10. The number of nitrogens with one attached hydrogen (secondary N) is 1. The average molecular weight is 270 g/mol. The molecular weight excluding hydrogens is 252 g/mol. The highest BCUT2D eigenvalue weighted by Crippen LogP contribution is 2.11. The number of carbonyl (C=O) groups is 1. The Morgan fingerprint density at radius 2 is 2.44 bits per heavy atom. The average Bonchev–Trinajstić information content (AvgIpc) is 2.72. The fourth-order valence-corrected chi connectivity index (χ4v) is 2.27. The Kier molecular flexibility index (Phi) is 4.60. The van der Waals surface area contributed by atoms with Gasteiger partial charge in [-0.05, 0) is 13.2 Å². The van der Waals surface area contributed by atoms with Gasteiger partial charge in [-0.3, -0.25) is 9.69 Å². The molecule has 0 unspecified atom stereocenters. The van der Waals surface area contributed by atoms with E-state index < -0.39 is 0 Å². The SMILES string of the molecule is CSCc1noc(CN2CCC(=O)NC[C@@H]2C)n1. The van der Waals surface area contributed by atoms with Gasteiger partial charge in [-0.15, -0.1) is 0 Å². The summed E-state index contributed by atoms with van der Waals surface area (Å²) in [5.41, 5.74) is 0. The maximum absolute atomic E-state index is 11.3. The van der Waals surface area contributed by atoms with Crippen LogP contribution in [0, 0.1) is 0 Å². The van der Waals surface area contributed by atoms with E-state index in [-0.39, 0.29) is 11.9 Å². The molecule has 1 aromatic heterocycles. The molecule has 0 aromatic carbocycles. The minimum Gasteiger partial charge on any atom is -0.355 e. The third kappa shape index (κ3) is 3.46. The predicted molar refractivity (Wildman–Crippen MR) is 69.0 cm³/mol. The standard InChI is InChI=1S/C11H18N4O2S/c1-8-5-12-10(16)3-4-15(8)6-11-13-9(7-18-2)14-17-11/h8H,3-7H2,1-2H3,(H,12,16)/t8-/m0/s1. The molecule has 1 saturated heterocycles. The molecule has 0 bridgehead atoms. The first-order valence-electron chi connectivity index (χ1n) is 6.00. The van der Waals surface area contributed by atoms with Crippen LogP contribution in [-0.4, -0.2) is 46.3 Å². The summed E-state index contributed by atoms with van der Waals surface area (Å²) in [6.07, 6.45) is 2.53. The van der Waals surface area contributed by atoms with Gasteiger partial charge in [0.15, 0.2) is 5.82 Å². The monoisotopic (exact) mass is 270 g/mol. The van der Waals surface area contributed by atoms with E-state index in [4.69, 9.17) is 4.52 Å². The van der Waals surface area contributed by atoms with Gasteiger partial charge in [-0.2, -0.15) is 16.7 Å². The Bertz CT molecular complexity index is 410. The minimum absolute atomic E-state index is 0.109. The van der Waals surface area contributed by atoms with Crippen molar-refractivity contribution < 1.29 is 9.32 Å². The normalized spacial score (nSPS) is 21.7. The van der Waals surface area contributed by atoms with Crippen molar-refractivity contribution in [3.63, 3.8) is 0 Å². The van der Waals surface area contributed by atoms with Crippen molar-refractivity contribution in [1.29, 1.82) is 0 Å². The third-order valence-electron chi connectivity index (χ3n) is 2.97. The van der Waals surface area contributed by atoms with Crippen LogP contribution >= 0.6 is 11.8 Å². The van der Waals surface area contributed by atoms with Crippen LogP contribution in [0.3, 0.4) is 0 Å². The van der Waals surface area contributed by atoms with Gasteiger partial charge in [0.25, 0.3) is 0 Å². The first-order valence-corrected chi connectivity index (χ1v) is 7.39. The molecule has 1 atom stereocenters. The van der Waals surface area contributed by atoms with Crippen LogP contribution in [0.4, 0.5) is 0 Å². The fourth-order valence-electron chi connectivity index (χ4n) is 1.90. The van der Waals surface area contributed by atoms with Crippen LogP contribution in [0.15, 0.2) is 4.52 Å². The Balaban J connectivity index is 1.96. The van der Waals surface area contributed by atoms with Gasteiger partial charge in [0.2, 0.25) is 11.8 Å². The van der Waals surface area contributed by atoms with Crippen molar-refractivity contribution in [3.05, 3.63) is 11.7 Å². The summed E-state index contributed by atoms with van der Waals surface area (Å²) < 4.78 is 5.21. The van der Waals surface area contributed by atoms with E-state index in [0.717, 1.165) is 18.1 Å². The van der Waals surface area contributed by atoms with E-state index in [1.807, 2.05) is 6.26 Å². The molecule has 1 aliphatic heterocycles. The van der Waals surface area contributed by atoms with Gasteiger partial charge in [0, 0.05) is 25.6 Å². The van der Waals surface area contributed by atoms with E-state index in [9.17, 15) is 4.79 Å². The summed E-state index contributed by atoms with van der Waals surface area (Å²) in [4.78, 5) is 17.8. The summed E-state index contributed by atoms with van der Waals surface area (Å²) >= 11 is 1.67. The van der Waals surface area contributed by atoms with Crippen LogP contribution in [0.2, 0.25) is 0 Å². The molecule has 7 heteroatoms. The first kappa shape index (κ1) is 13.4. The molecule has 0 saturated carbocycles. The maximum atomic E-state index is 11.3. The smallest absolute Gasteiger partial charge is 0.240 e. The van der Waals surface area contributed by atoms with E-state index >= 15 is 0 Å². The predicted octanol–water partition coefficient (Wildman–Crippen LogP) is 0.643. The molecule has 6 nitrogen and oxygen atoms in total. The zero-order valence-electron chi connectivity index (χ0n) is 10.7. The number of amides is 1. The lowest BCUT2D eigenvalue weighted by Crippen LogP contribution is -2.37. The van der Waals surface area contributed by atoms with Crippen molar-refractivity contribution in [2.45, 2.75) is 31.7 Å². The zero-order valence-corrected chi connectivity index (χ0v) is 11.5. The van der Waals surface area contributed by atoms with Gasteiger partial charge in [-0.25, -0.2) is 0 Å². The van der Waals surface area contributed by atoms with Crippen molar-refractivity contribution >= 4 is 17.7 Å². The summed E-state index contributed by atoms with van der Waals surface area (Å²) in [6, 6.07) is 0.285. The van der Waals surface area contributed by atoms with Crippen LogP contribution in [0.25, 0.3) is 0 Å². The van der Waals surface area contributed by atoms with Crippen molar-refractivity contribution in [2.24, 2.45) is 0 Å². The van der Waals surface area contributed by atoms with Gasteiger partial charge in [0.05, 0.1) is 12.3 Å². The molecule has 1 aliphatic rings. The molecule has 1 aromatic rings. The fraction of sp³-hybridized carbons (Fsp3) is 0.727. The topological polar surface area (TPSA) is 71.3 Å². The lowest BCUT2D eigenvalue weighted by atomic mass is 10.3. The molecule has 2 heterocycles. The summed E-state index contributed by atoms with van der Waals surface area (Å²) in [5, 5.41) is 6.80.